The average molecular weight is 381 g/mol. The number of hydrogen-bond donors (Lipinski definition) is 0. The lowest BCUT2D eigenvalue weighted by molar-refractivity contribution is 0.468. The molecule has 0 spiro atoms. The summed E-state index contributed by atoms with van der Waals surface area (Å²) in [7, 11) is 0. The van der Waals surface area contributed by atoms with Gasteiger partial charge >= 0.3 is 0 Å². The molecule has 118 valence electrons. The van der Waals surface area contributed by atoms with Gasteiger partial charge in [-0.1, -0.05) is 33.6 Å². The Bertz CT molecular complexity index is 994. The van der Waals surface area contributed by atoms with Crippen LogP contribution < -0.4 is 4.74 Å². The van der Waals surface area contributed by atoms with Crippen LogP contribution in [-0.4, -0.2) is 19.7 Å². The number of fused-ring (bicyclic) bond motifs is 1. The van der Waals surface area contributed by atoms with Crippen molar-refractivity contribution in [3.8, 4) is 17.3 Å². The monoisotopic (exact) mass is 380 g/mol. The zero-order chi connectivity index (χ0) is 16.5. The van der Waals surface area contributed by atoms with Crippen LogP contribution in [0.3, 0.4) is 0 Å². The van der Waals surface area contributed by atoms with E-state index in [1.807, 2.05) is 48.5 Å². The Morgan fingerprint density at radius 1 is 0.958 bits per heavy atom. The molecule has 0 aliphatic heterocycles. The number of halogens is 1. The highest BCUT2D eigenvalue weighted by atomic mass is 79.9. The summed E-state index contributed by atoms with van der Waals surface area (Å²) in [6.07, 6.45) is 3.21. The Kier molecular flexibility index (Phi) is 3.74. The Hall–Kier alpha value is -2.73. The first-order valence-electron chi connectivity index (χ1n) is 7.40. The van der Waals surface area contributed by atoms with Gasteiger partial charge in [0.25, 0.3) is 0 Å². The van der Waals surface area contributed by atoms with Crippen molar-refractivity contribution in [1.82, 2.24) is 19.7 Å². The first-order chi connectivity index (χ1) is 11.7. The van der Waals surface area contributed by atoms with Crippen LogP contribution in [0.5, 0.6) is 11.6 Å². The standard InChI is InChI=1S/C18H13BrN4O/c1-12-2-6-14(7-3-12)23-17-16(10-22-23)18(21-11-20-17)24-15-8-4-13(19)5-9-15/h2-11H,1H3. The molecule has 0 amide bonds. The maximum absolute atomic E-state index is 5.89. The maximum atomic E-state index is 5.89. The predicted octanol–water partition coefficient (Wildman–Crippen LogP) is 4.68. The van der Waals surface area contributed by atoms with E-state index in [4.69, 9.17) is 4.74 Å². The highest BCUT2D eigenvalue weighted by Gasteiger charge is 2.12. The van der Waals surface area contributed by atoms with Crippen LogP contribution in [0.4, 0.5) is 0 Å². The molecule has 0 aliphatic carbocycles. The minimum Gasteiger partial charge on any atom is -0.438 e. The van der Waals surface area contributed by atoms with Gasteiger partial charge in [0.2, 0.25) is 5.88 Å². The molecule has 0 saturated carbocycles. The minimum absolute atomic E-state index is 0.487. The van der Waals surface area contributed by atoms with Crippen LogP contribution in [0, 0.1) is 6.92 Å². The molecule has 0 radical (unpaired) electrons. The molecule has 0 N–H and O–H groups in total. The highest BCUT2D eigenvalue weighted by molar-refractivity contribution is 9.10. The number of nitrogens with zero attached hydrogens (tertiary/aromatic N) is 4. The molecule has 0 unspecified atom stereocenters. The van der Waals surface area contributed by atoms with Gasteiger partial charge in [-0.25, -0.2) is 14.6 Å². The molecule has 2 aromatic carbocycles. The van der Waals surface area contributed by atoms with Gasteiger partial charge in [-0.2, -0.15) is 5.10 Å². The molecule has 4 rings (SSSR count). The largest absolute Gasteiger partial charge is 0.438 e. The van der Waals surface area contributed by atoms with Crippen molar-refractivity contribution in [3.05, 3.63) is 71.1 Å². The topological polar surface area (TPSA) is 52.8 Å². The van der Waals surface area contributed by atoms with Crippen LogP contribution in [-0.2, 0) is 0 Å². The molecular formula is C18H13BrN4O. The van der Waals surface area contributed by atoms with Gasteiger partial charge in [-0.05, 0) is 43.3 Å². The summed E-state index contributed by atoms with van der Waals surface area (Å²) in [4.78, 5) is 8.61. The second-order valence-corrected chi connectivity index (χ2v) is 6.28. The lowest BCUT2D eigenvalue weighted by Crippen LogP contribution is -1.98. The second kappa shape index (κ2) is 6.05. The molecule has 0 fully saturated rings. The summed E-state index contributed by atoms with van der Waals surface area (Å²) in [5, 5.41) is 5.20. The van der Waals surface area contributed by atoms with Crippen molar-refractivity contribution in [3.63, 3.8) is 0 Å². The Balaban J connectivity index is 1.76. The molecule has 0 bridgehead atoms. The van der Waals surface area contributed by atoms with E-state index in [0.717, 1.165) is 15.5 Å². The van der Waals surface area contributed by atoms with Crippen LogP contribution in [0.15, 0.2) is 65.5 Å². The summed E-state index contributed by atoms with van der Waals surface area (Å²) in [5.41, 5.74) is 2.86. The third-order valence-corrected chi connectivity index (χ3v) is 4.16. The normalized spacial score (nSPS) is 10.9. The van der Waals surface area contributed by atoms with Gasteiger partial charge in [-0.3, -0.25) is 0 Å². The van der Waals surface area contributed by atoms with Gasteiger partial charge in [0, 0.05) is 4.47 Å². The Labute approximate surface area is 147 Å². The number of benzene rings is 2. The SMILES string of the molecule is Cc1ccc(-n2ncc3c(Oc4ccc(Br)cc4)ncnc32)cc1. The van der Waals surface area contributed by atoms with Gasteiger partial charge in [0.1, 0.15) is 17.5 Å². The van der Waals surface area contributed by atoms with E-state index in [9.17, 15) is 0 Å². The number of aryl methyl sites for hydroxylation is 1. The van der Waals surface area contributed by atoms with Gasteiger partial charge in [0.05, 0.1) is 11.9 Å². The predicted molar refractivity (Wildman–Crippen MR) is 95.6 cm³/mol. The molecule has 5 nitrogen and oxygen atoms in total. The Morgan fingerprint density at radius 2 is 1.71 bits per heavy atom. The van der Waals surface area contributed by atoms with Crippen LogP contribution >= 0.6 is 15.9 Å². The molecule has 2 heterocycles. The van der Waals surface area contributed by atoms with E-state index in [-0.39, 0.29) is 0 Å². The van der Waals surface area contributed by atoms with Crippen LogP contribution in [0.25, 0.3) is 16.7 Å². The fraction of sp³-hybridized carbons (Fsp3) is 0.0556. The van der Waals surface area contributed by atoms with E-state index in [1.165, 1.54) is 11.9 Å². The summed E-state index contributed by atoms with van der Waals surface area (Å²) >= 11 is 3.41. The first-order valence-corrected chi connectivity index (χ1v) is 8.19. The summed E-state index contributed by atoms with van der Waals surface area (Å²) < 4.78 is 8.67. The smallest absolute Gasteiger partial charge is 0.233 e. The number of hydrogen-bond acceptors (Lipinski definition) is 4. The lowest BCUT2D eigenvalue weighted by Gasteiger charge is -2.06. The number of rotatable bonds is 3. The quantitative estimate of drug-likeness (QED) is 0.517. The van der Waals surface area contributed by atoms with Crippen LogP contribution in [0.1, 0.15) is 5.56 Å². The first kappa shape index (κ1) is 14.8. The zero-order valence-electron chi connectivity index (χ0n) is 12.8. The van der Waals surface area contributed by atoms with Crippen LogP contribution in [0.2, 0.25) is 0 Å². The van der Waals surface area contributed by atoms with E-state index in [1.54, 1.807) is 10.9 Å². The van der Waals surface area contributed by atoms with E-state index in [2.05, 4.69) is 37.9 Å². The number of ether oxygens (including phenoxy) is 1. The molecular weight excluding hydrogens is 368 g/mol. The number of aromatic nitrogens is 4. The van der Waals surface area contributed by atoms with Crippen molar-refractivity contribution < 1.29 is 4.74 Å². The molecule has 24 heavy (non-hydrogen) atoms. The molecule has 4 aromatic rings. The third kappa shape index (κ3) is 2.76. The van der Waals surface area contributed by atoms with Crippen molar-refractivity contribution >= 4 is 27.0 Å². The lowest BCUT2D eigenvalue weighted by atomic mass is 10.2. The van der Waals surface area contributed by atoms with Gasteiger partial charge < -0.3 is 4.74 Å². The van der Waals surface area contributed by atoms with Crippen molar-refractivity contribution in [2.75, 3.05) is 0 Å². The zero-order valence-corrected chi connectivity index (χ0v) is 14.4. The summed E-state index contributed by atoms with van der Waals surface area (Å²) in [5.74, 6) is 1.20. The highest BCUT2D eigenvalue weighted by Crippen LogP contribution is 2.28. The molecule has 6 heteroatoms. The van der Waals surface area contributed by atoms with E-state index < -0.39 is 0 Å². The second-order valence-electron chi connectivity index (χ2n) is 5.36. The van der Waals surface area contributed by atoms with Gasteiger partial charge in [-0.15, -0.1) is 0 Å². The fourth-order valence-electron chi connectivity index (χ4n) is 2.39. The molecule has 0 saturated heterocycles. The Morgan fingerprint density at radius 3 is 2.46 bits per heavy atom. The van der Waals surface area contributed by atoms with Crippen molar-refractivity contribution in [2.24, 2.45) is 0 Å². The minimum atomic E-state index is 0.487. The van der Waals surface area contributed by atoms with E-state index >= 15 is 0 Å². The molecule has 0 aliphatic rings. The summed E-state index contributed by atoms with van der Waals surface area (Å²) in [6.45, 7) is 2.05. The van der Waals surface area contributed by atoms with Gasteiger partial charge in [0.15, 0.2) is 5.65 Å². The van der Waals surface area contributed by atoms with E-state index in [0.29, 0.717) is 17.3 Å². The fourth-order valence-corrected chi connectivity index (χ4v) is 2.66. The molecule has 2 aromatic heterocycles. The van der Waals surface area contributed by atoms with Crippen molar-refractivity contribution in [1.29, 1.82) is 0 Å². The maximum Gasteiger partial charge on any atom is 0.233 e. The summed E-state index contributed by atoms with van der Waals surface area (Å²) in [6, 6.07) is 15.7. The van der Waals surface area contributed by atoms with Crippen molar-refractivity contribution in [2.45, 2.75) is 6.92 Å². The third-order valence-electron chi connectivity index (χ3n) is 3.64. The average Bonchev–Trinajstić information content (AvgIpc) is 3.03. The molecule has 0 atom stereocenters.